The Labute approximate surface area is 265 Å². The Morgan fingerprint density at radius 2 is 1.13 bits per heavy atom. The maximum absolute atomic E-state index is 10.3. The number of benzene rings is 4. The van der Waals surface area contributed by atoms with Crippen LogP contribution in [0.4, 0.5) is 5.69 Å². The van der Waals surface area contributed by atoms with Gasteiger partial charge in [-0.1, -0.05) is 7.43 Å². The largest absolute Gasteiger partial charge is 0.508 e. The third-order valence-corrected chi connectivity index (χ3v) is 5.79. The van der Waals surface area contributed by atoms with E-state index in [1.807, 2.05) is 12.1 Å². The van der Waals surface area contributed by atoms with Crippen molar-refractivity contribution < 1.29 is 34.5 Å². The van der Waals surface area contributed by atoms with Crippen molar-refractivity contribution in [2.24, 2.45) is 0 Å². The molecule has 0 saturated carbocycles. The molecule has 0 heterocycles. The first-order valence-electron chi connectivity index (χ1n) is 12.6. The van der Waals surface area contributed by atoms with Gasteiger partial charge in [0, 0.05) is 35.4 Å². The second-order valence-electron chi connectivity index (χ2n) is 8.53. The fraction of sp³-hybridized carbons (Fsp3) is 0.152. The number of phenolic OH excluding ortho intramolecular Hbond substituents is 1. The number of hydrogen-bond acceptors (Lipinski definition) is 12. The molecule has 0 bridgehead atoms. The highest BCUT2D eigenvalue weighted by Gasteiger charge is 2.10. The van der Waals surface area contributed by atoms with Gasteiger partial charge in [0.1, 0.15) is 53.0 Å². The van der Waals surface area contributed by atoms with E-state index < -0.39 is 4.92 Å². The molecule has 3 N–H and O–H groups in total. The molecule has 0 fully saturated rings. The molecular formula is C33H29N5O8. The molecule has 0 saturated heterocycles. The van der Waals surface area contributed by atoms with Crippen LogP contribution in [0.15, 0.2) is 72.8 Å². The first kappa shape index (κ1) is 37.4. The van der Waals surface area contributed by atoms with Crippen molar-refractivity contribution in [1.29, 1.82) is 21.0 Å². The van der Waals surface area contributed by atoms with Crippen molar-refractivity contribution in [2.45, 2.75) is 20.6 Å². The summed E-state index contributed by atoms with van der Waals surface area (Å²) >= 11 is 0. The molecule has 4 aromatic carbocycles. The molecule has 0 spiro atoms. The van der Waals surface area contributed by atoms with Gasteiger partial charge in [0.15, 0.2) is 0 Å². The minimum atomic E-state index is -0.609. The van der Waals surface area contributed by atoms with Gasteiger partial charge in [-0.15, -0.1) is 0 Å². The number of methoxy groups -OCH3 is 2. The Hall–Kier alpha value is -6.64. The number of nitrogens with zero attached hydrogens (tertiary/aromatic N) is 5. The molecule has 0 radical (unpaired) electrons. The van der Waals surface area contributed by atoms with E-state index in [4.69, 9.17) is 50.6 Å². The molecule has 0 aliphatic rings. The minimum absolute atomic E-state index is 0. The molecular weight excluding hydrogens is 594 g/mol. The SMILES string of the molecule is C.COc1cc(O)ccc1CO.COc1cc(Oc2ccc(C#N)c(C#N)c2)ccc1CO.N#Cc1ccc([N+](=O)[O-])cc1C#N. The smallest absolute Gasteiger partial charge is 0.270 e. The summed E-state index contributed by atoms with van der Waals surface area (Å²) in [5, 5.41) is 72.1. The Balaban J connectivity index is 0.000000365. The number of phenols is 1. The average Bonchev–Trinajstić information content (AvgIpc) is 3.08. The van der Waals surface area contributed by atoms with Crippen molar-refractivity contribution in [3.8, 4) is 53.0 Å². The highest BCUT2D eigenvalue weighted by atomic mass is 16.6. The third-order valence-electron chi connectivity index (χ3n) is 5.79. The van der Waals surface area contributed by atoms with Crippen molar-refractivity contribution in [2.75, 3.05) is 14.2 Å². The van der Waals surface area contributed by atoms with E-state index in [0.717, 1.165) is 6.07 Å². The van der Waals surface area contributed by atoms with Crippen LogP contribution in [0.2, 0.25) is 0 Å². The van der Waals surface area contributed by atoms with Crippen molar-refractivity contribution in [1.82, 2.24) is 0 Å². The predicted octanol–water partition coefficient (Wildman–Crippen LogP) is 5.59. The van der Waals surface area contributed by atoms with Crippen LogP contribution in [0, 0.1) is 55.4 Å². The number of non-ortho nitro benzene ring substituents is 1. The van der Waals surface area contributed by atoms with Gasteiger partial charge >= 0.3 is 0 Å². The van der Waals surface area contributed by atoms with E-state index >= 15 is 0 Å². The van der Waals surface area contributed by atoms with E-state index in [0.29, 0.717) is 39.7 Å². The van der Waals surface area contributed by atoms with Crippen LogP contribution in [-0.4, -0.2) is 34.5 Å². The molecule has 0 atom stereocenters. The molecule has 234 valence electrons. The second kappa shape index (κ2) is 18.8. The minimum Gasteiger partial charge on any atom is -0.508 e. The van der Waals surface area contributed by atoms with E-state index in [9.17, 15) is 10.1 Å². The summed E-state index contributed by atoms with van der Waals surface area (Å²) in [7, 11) is 3.00. The van der Waals surface area contributed by atoms with Gasteiger partial charge in [-0.25, -0.2) is 0 Å². The first-order chi connectivity index (χ1) is 21.7. The van der Waals surface area contributed by atoms with Crippen molar-refractivity contribution in [3.63, 3.8) is 0 Å². The van der Waals surface area contributed by atoms with Gasteiger partial charge in [-0.05, 0) is 48.5 Å². The molecule has 13 heteroatoms. The van der Waals surface area contributed by atoms with E-state index in [2.05, 4.69) is 0 Å². The zero-order chi connectivity index (χ0) is 33.4. The number of aromatic hydroxyl groups is 1. The average molecular weight is 624 g/mol. The second-order valence-corrected chi connectivity index (χ2v) is 8.53. The van der Waals surface area contributed by atoms with Crippen LogP contribution in [0.5, 0.6) is 28.7 Å². The molecule has 0 aliphatic carbocycles. The topological polar surface area (TPSA) is 227 Å². The zero-order valence-electron chi connectivity index (χ0n) is 24.0. The lowest BCUT2D eigenvalue weighted by atomic mass is 10.1. The van der Waals surface area contributed by atoms with Gasteiger partial charge < -0.3 is 29.5 Å². The highest BCUT2D eigenvalue weighted by Crippen LogP contribution is 2.29. The summed E-state index contributed by atoms with van der Waals surface area (Å²) < 4.78 is 15.7. The zero-order valence-corrected chi connectivity index (χ0v) is 24.0. The highest BCUT2D eigenvalue weighted by molar-refractivity contribution is 5.52. The summed E-state index contributed by atoms with van der Waals surface area (Å²) in [4.78, 5) is 9.67. The van der Waals surface area contributed by atoms with E-state index in [1.54, 1.807) is 42.5 Å². The van der Waals surface area contributed by atoms with Gasteiger partial charge in [-0.3, -0.25) is 10.1 Å². The molecule has 4 aromatic rings. The van der Waals surface area contributed by atoms with Crippen LogP contribution in [0.3, 0.4) is 0 Å². The summed E-state index contributed by atoms with van der Waals surface area (Å²) in [6.07, 6.45) is 0. The number of ether oxygens (including phenoxy) is 3. The summed E-state index contributed by atoms with van der Waals surface area (Å²) in [6.45, 7) is -0.206. The van der Waals surface area contributed by atoms with E-state index in [-0.39, 0.29) is 48.8 Å². The fourth-order valence-electron chi connectivity index (χ4n) is 3.53. The number of hydrogen-bond donors (Lipinski definition) is 3. The van der Waals surface area contributed by atoms with Gasteiger partial charge in [0.2, 0.25) is 0 Å². The van der Waals surface area contributed by atoms with Crippen LogP contribution in [0.1, 0.15) is 40.8 Å². The number of nitro groups is 1. The van der Waals surface area contributed by atoms with Gasteiger partial charge in [-0.2, -0.15) is 21.0 Å². The molecule has 46 heavy (non-hydrogen) atoms. The number of aliphatic hydroxyl groups is 2. The number of nitro benzene ring substituents is 1. The Morgan fingerprint density at radius 3 is 1.63 bits per heavy atom. The Kier molecular flexibility index (Phi) is 15.3. The molecule has 0 aliphatic heterocycles. The molecule has 13 nitrogen and oxygen atoms in total. The summed E-state index contributed by atoms with van der Waals surface area (Å²) in [5.41, 5.74) is 1.88. The first-order valence-corrected chi connectivity index (χ1v) is 12.6. The Bertz CT molecular complexity index is 1830. The van der Waals surface area contributed by atoms with Crippen molar-refractivity contribution in [3.05, 3.63) is 116 Å². The number of nitriles is 4. The lowest BCUT2D eigenvalue weighted by Crippen LogP contribution is -1.93. The quantitative estimate of drug-likeness (QED) is 0.169. The third kappa shape index (κ3) is 10.3. The molecule has 0 amide bonds. The monoisotopic (exact) mass is 623 g/mol. The lowest BCUT2D eigenvalue weighted by molar-refractivity contribution is -0.384. The van der Waals surface area contributed by atoms with Crippen molar-refractivity contribution >= 4 is 5.69 Å². The maximum atomic E-state index is 10.3. The van der Waals surface area contributed by atoms with E-state index in [1.165, 1.54) is 50.6 Å². The maximum Gasteiger partial charge on any atom is 0.270 e. The molecule has 4 rings (SSSR count). The molecule has 0 unspecified atom stereocenters. The van der Waals surface area contributed by atoms with Crippen LogP contribution in [0.25, 0.3) is 0 Å². The number of rotatable bonds is 7. The normalized spacial score (nSPS) is 9.04. The van der Waals surface area contributed by atoms with Crippen LogP contribution >= 0.6 is 0 Å². The van der Waals surface area contributed by atoms with Crippen LogP contribution < -0.4 is 14.2 Å². The Morgan fingerprint density at radius 1 is 0.674 bits per heavy atom. The standard InChI is InChI=1S/C16H12N2O3.C8H3N3O2.C8H10O3.CH4/c1-20-16-7-15(5-3-12(16)10-19)21-14-4-2-11(8-17)13(6-14)9-18;9-4-6-1-2-8(11(12)13)3-7(6)5-10;1-11-8-4-7(10)3-2-6(8)5-9;/h2-7,19H,10H2,1H3;1-3H;2-4,9-10H,5H2,1H3;1H4. The van der Waals surface area contributed by atoms with Gasteiger partial charge in [0.25, 0.3) is 5.69 Å². The predicted molar refractivity (Wildman–Crippen MR) is 165 cm³/mol. The fourth-order valence-corrected chi connectivity index (χ4v) is 3.53. The summed E-state index contributed by atoms with van der Waals surface area (Å²) in [6, 6.07) is 25.2. The summed E-state index contributed by atoms with van der Waals surface area (Å²) in [5.74, 6) is 2.12. The van der Waals surface area contributed by atoms with Gasteiger partial charge in [0.05, 0.1) is 54.6 Å². The van der Waals surface area contributed by atoms with Crippen LogP contribution in [-0.2, 0) is 13.2 Å². The molecule has 0 aromatic heterocycles. The number of aliphatic hydroxyl groups excluding tert-OH is 2. The lowest BCUT2D eigenvalue weighted by Gasteiger charge is -2.10.